The fourth-order valence-electron chi connectivity index (χ4n) is 1.78. The van der Waals surface area contributed by atoms with E-state index < -0.39 is 0 Å². The highest BCUT2D eigenvalue weighted by atomic mass is 32.1. The molecule has 16 heavy (non-hydrogen) atoms. The lowest BCUT2D eigenvalue weighted by Gasteiger charge is -1.95. The van der Waals surface area contributed by atoms with Crippen molar-refractivity contribution in [1.29, 1.82) is 0 Å². The van der Waals surface area contributed by atoms with E-state index in [9.17, 15) is 4.79 Å². The minimum Gasteiger partial charge on any atom is -0.293 e. The number of rotatable bonds is 5. The molecule has 0 fully saturated rings. The summed E-state index contributed by atoms with van der Waals surface area (Å²) in [6.45, 7) is 2.16. The van der Waals surface area contributed by atoms with Crippen LogP contribution in [0.3, 0.4) is 0 Å². The second kappa shape index (κ2) is 5.26. The number of unbranched alkanes of at least 4 members (excludes halogenated alkanes) is 2. The number of fused-ring (bicyclic) bond motifs is 1. The van der Waals surface area contributed by atoms with Crippen LogP contribution in [0.25, 0.3) is 10.1 Å². The molecular formula is C14H16OS. The summed E-state index contributed by atoms with van der Waals surface area (Å²) in [6, 6.07) is 10.2. The molecule has 0 unspecified atom stereocenters. The zero-order valence-electron chi connectivity index (χ0n) is 9.53. The first-order valence-electron chi connectivity index (χ1n) is 5.83. The van der Waals surface area contributed by atoms with Crippen LogP contribution in [0.5, 0.6) is 0 Å². The Morgan fingerprint density at radius 2 is 2.06 bits per heavy atom. The van der Waals surface area contributed by atoms with Gasteiger partial charge in [-0.25, -0.2) is 0 Å². The molecule has 0 radical (unpaired) electrons. The van der Waals surface area contributed by atoms with Crippen LogP contribution in [0.4, 0.5) is 0 Å². The largest absolute Gasteiger partial charge is 0.293 e. The van der Waals surface area contributed by atoms with Crippen LogP contribution in [0.15, 0.2) is 30.3 Å². The Bertz CT molecular complexity index is 451. The number of carbonyl (C=O) groups excluding carboxylic acids is 1. The Labute approximate surface area is 100 Å². The normalized spacial score (nSPS) is 10.8. The van der Waals surface area contributed by atoms with Crippen LogP contribution in [-0.2, 0) is 0 Å². The summed E-state index contributed by atoms with van der Waals surface area (Å²) < 4.78 is 1.21. The maximum absolute atomic E-state index is 11.9. The Morgan fingerprint density at radius 1 is 1.25 bits per heavy atom. The van der Waals surface area contributed by atoms with Crippen LogP contribution >= 0.6 is 11.3 Å². The van der Waals surface area contributed by atoms with E-state index in [4.69, 9.17) is 0 Å². The standard InChI is InChI=1S/C14H16OS/c1-2-3-4-8-12(15)14-10-11-7-5-6-9-13(11)16-14/h5-7,9-10H,2-4,8H2,1H3. The van der Waals surface area contributed by atoms with Gasteiger partial charge in [-0.05, 0) is 23.9 Å². The SMILES string of the molecule is CCCCCC(=O)c1cc2ccccc2s1. The minimum atomic E-state index is 0.301. The van der Waals surface area contributed by atoms with Gasteiger partial charge in [0.15, 0.2) is 5.78 Å². The molecule has 0 amide bonds. The fourth-order valence-corrected chi connectivity index (χ4v) is 2.81. The molecule has 0 aliphatic rings. The quantitative estimate of drug-likeness (QED) is 0.541. The molecule has 1 aromatic carbocycles. The summed E-state index contributed by atoms with van der Waals surface area (Å²) in [5.41, 5.74) is 0. The monoisotopic (exact) mass is 232 g/mol. The van der Waals surface area contributed by atoms with E-state index in [0.717, 1.165) is 17.7 Å². The van der Waals surface area contributed by atoms with E-state index in [0.29, 0.717) is 12.2 Å². The van der Waals surface area contributed by atoms with E-state index in [1.807, 2.05) is 18.2 Å². The molecule has 1 nitrogen and oxygen atoms in total. The van der Waals surface area contributed by atoms with Gasteiger partial charge in [0.1, 0.15) is 0 Å². The first kappa shape index (κ1) is 11.3. The predicted octanol–water partition coefficient (Wildman–Crippen LogP) is 4.66. The second-order valence-electron chi connectivity index (χ2n) is 4.03. The van der Waals surface area contributed by atoms with Crippen molar-refractivity contribution in [2.75, 3.05) is 0 Å². The van der Waals surface area contributed by atoms with Crippen molar-refractivity contribution >= 4 is 27.2 Å². The minimum absolute atomic E-state index is 0.301. The molecule has 1 heterocycles. The van der Waals surface area contributed by atoms with E-state index >= 15 is 0 Å². The van der Waals surface area contributed by atoms with Gasteiger partial charge in [0.05, 0.1) is 4.88 Å². The summed E-state index contributed by atoms with van der Waals surface area (Å²) in [5, 5.41) is 1.19. The highest BCUT2D eigenvalue weighted by Crippen LogP contribution is 2.26. The molecule has 0 saturated carbocycles. The van der Waals surface area contributed by atoms with Crippen molar-refractivity contribution < 1.29 is 4.79 Å². The first-order chi connectivity index (χ1) is 7.81. The van der Waals surface area contributed by atoms with Gasteiger partial charge in [-0.2, -0.15) is 0 Å². The van der Waals surface area contributed by atoms with Gasteiger partial charge >= 0.3 is 0 Å². The van der Waals surface area contributed by atoms with Crippen LogP contribution in [-0.4, -0.2) is 5.78 Å². The summed E-state index contributed by atoms with van der Waals surface area (Å²) >= 11 is 1.61. The van der Waals surface area contributed by atoms with Crippen LogP contribution < -0.4 is 0 Å². The molecule has 84 valence electrons. The molecule has 1 aromatic heterocycles. The Balaban J connectivity index is 2.11. The van der Waals surface area contributed by atoms with E-state index in [2.05, 4.69) is 19.1 Å². The number of thiophene rings is 1. The maximum Gasteiger partial charge on any atom is 0.172 e. The predicted molar refractivity (Wildman–Crippen MR) is 70.3 cm³/mol. The smallest absolute Gasteiger partial charge is 0.172 e. The Kier molecular flexibility index (Phi) is 3.73. The number of hydrogen-bond donors (Lipinski definition) is 0. The number of benzene rings is 1. The van der Waals surface area contributed by atoms with Crippen LogP contribution in [0.1, 0.15) is 42.3 Å². The average molecular weight is 232 g/mol. The van der Waals surface area contributed by atoms with Gasteiger partial charge in [-0.3, -0.25) is 4.79 Å². The molecule has 0 aliphatic carbocycles. The first-order valence-corrected chi connectivity index (χ1v) is 6.64. The second-order valence-corrected chi connectivity index (χ2v) is 5.11. The molecule has 0 spiro atoms. The summed E-state index contributed by atoms with van der Waals surface area (Å²) in [5.74, 6) is 0.301. The topological polar surface area (TPSA) is 17.1 Å². The molecule has 0 saturated heterocycles. The van der Waals surface area contributed by atoms with Gasteiger partial charge in [-0.1, -0.05) is 38.0 Å². The highest BCUT2D eigenvalue weighted by molar-refractivity contribution is 7.20. The number of ketones is 1. The zero-order chi connectivity index (χ0) is 11.4. The molecule has 0 N–H and O–H groups in total. The van der Waals surface area contributed by atoms with Crippen molar-refractivity contribution in [1.82, 2.24) is 0 Å². The van der Waals surface area contributed by atoms with E-state index in [1.165, 1.54) is 16.5 Å². The summed E-state index contributed by atoms with van der Waals surface area (Å²) in [4.78, 5) is 12.8. The molecule has 0 bridgehead atoms. The number of carbonyl (C=O) groups is 1. The van der Waals surface area contributed by atoms with Crippen molar-refractivity contribution in [2.24, 2.45) is 0 Å². The highest BCUT2D eigenvalue weighted by Gasteiger charge is 2.09. The van der Waals surface area contributed by atoms with Gasteiger partial charge in [-0.15, -0.1) is 11.3 Å². The fraction of sp³-hybridized carbons (Fsp3) is 0.357. The van der Waals surface area contributed by atoms with Gasteiger partial charge in [0.2, 0.25) is 0 Å². The molecule has 2 aromatic rings. The van der Waals surface area contributed by atoms with Gasteiger partial charge in [0.25, 0.3) is 0 Å². The molecule has 2 heteroatoms. The van der Waals surface area contributed by atoms with Crippen molar-refractivity contribution in [3.8, 4) is 0 Å². The van der Waals surface area contributed by atoms with Crippen LogP contribution in [0, 0.1) is 0 Å². The molecule has 0 atom stereocenters. The van der Waals surface area contributed by atoms with Crippen molar-refractivity contribution in [3.05, 3.63) is 35.2 Å². The van der Waals surface area contributed by atoms with Crippen molar-refractivity contribution in [3.63, 3.8) is 0 Å². The van der Waals surface area contributed by atoms with E-state index in [1.54, 1.807) is 11.3 Å². The Hall–Kier alpha value is -1.15. The summed E-state index contributed by atoms with van der Waals surface area (Å²) in [7, 11) is 0. The molecule has 0 aliphatic heterocycles. The number of Topliss-reactive ketones (excluding diaryl/α,β-unsaturated/α-hetero) is 1. The Morgan fingerprint density at radius 3 is 2.81 bits per heavy atom. The third-order valence-corrected chi connectivity index (χ3v) is 3.86. The van der Waals surface area contributed by atoms with Crippen LogP contribution in [0.2, 0.25) is 0 Å². The third-order valence-electron chi connectivity index (χ3n) is 2.71. The summed E-state index contributed by atoms with van der Waals surface area (Å²) in [6.07, 6.45) is 4.03. The van der Waals surface area contributed by atoms with Gasteiger partial charge < -0.3 is 0 Å². The molecule has 2 rings (SSSR count). The lowest BCUT2D eigenvalue weighted by molar-refractivity contribution is 0.0983. The van der Waals surface area contributed by atoms with Crippen molar-refractivity contribution in [2.45, 2.75) is 32.6 Å². The lowest BCUT2D eigenvalue weighted by atomic mass is 10.1. The van der Waals surface area contributed by atoms with Gasteiger partial charge in [0, 0.05) is 11.1 Å². The lowest BCUT2D eigenvalue weighted by Crippen LogP contribution is -1.94. The average Bonchev–Trinajstić information content (AvgIpc) is 2.73. The maximum atomic E-state index is 11.9. The van der Waals surface area contributed by atoms with E-state index in [-0.39, 0.29) is 0 Å². The molecular weight excluding hydrogens is 216 g/mol. The zero-order valence-corrected chi connectivity index (χ0v) is 10.3. The third kappa shape index (κ3) is 2.50. The number of hydrogen-bond acceptors (Lipinski definition) is 2.